The maximum Gasteiger partial charge on any atom is 0.318 e. The molecule has 0 radical (unpaired) electrons. The van der Waals surface area contributed by atoms with E-state index < -0.39 is 34.0 Å². The van der Waals surface area contributed by atoms with Crippen molar-refractivity contribution in [1.29, 1.82) is 0 Å². The molecular weight excluding hydrogens is 360 g/mol. The molecule has 2 aliphatic heterocycles. The van der Waals surface area contributed by atoms with Crippen LogP contribution in [0, 0.1) is 5.92 Å². The molecule has 4 rings (SSSR count). The van der Waals surface area contributed by atoms with Gasteiger partial charge in [0.1, 0.15) is 11.6 Å². The van der Waals surface area contributed by atoms with Crippen molar-refractivity contribution in [3.05, 3.63) is 66.2 Å². The molecule has 2 aromatic carbocycles. The summed E-state index contributed by atoms with van der Waals surface area (Å²) in [5.74, 6) is -2.79. The number of rotatable bonds is 4. The van der Waals surface area contributed by atoms with Crippen LogP contribution < -0.4 is 0 Å². The number of nitrogens with zero attached hydrogens (tertiary/aromatic N) is 2. The van der Waals surface area contributed by atoms with Crippen molar-refractivity contribution >= 4 is 27.6 Å². The Balaban J connectivity index is 1.62. The second kappa shape index (κ2) is 6.04. The SMILES string of the molecule is O=C1C2ON=C(c3ccccc3)C2C(=O)N1OS(=O)(=O)c1ccccc1. The van der Waals surface area contributed by atoms with Crippen molar-refractivity contribution in [2.75, 3.05) is 0 Å². The second-order valence-electron chi connectivity index (χ2n) is 5.66. The molecule has 2 aromatic rings. The highest BCUT2D eigenvalue weighted by Crippen LogP contribution is 2.33. The fourth-order valence-electron chi connectivity index (χ4n) is 2.80. The predicted octanol–water partition coefficient (Wildman–Crippen LogP) is 1.10. The Labute approximate surface area is 148 Å². The van der Waals surface area contributed by atoms with Gasteiger partial charge < -0.3 is 4.84 Å². The topological polar surface area (TPSA) is 102 Å². The first kappa shape index (κ1) is 16.4. The molecular formula is C17H12N2O6S. The Morgan fingerprint density at radius 2 is 1.54 bits per heavy atom. The molecule has 0 spiro atoms. The lowest BCUT2D eigenvalue weighted by Gasteiger charge is -2.14. The number of amides is 2. The molecule has 2 amide bonds. The van der Waals surface area contributed by atoms with Crippen molar-refractivity contribution in [2.45, 2.75) is 11.0 Å². The number of imide groups is 1. The standard InChI is InChI=1S/C17H12N2O6S/c20-16-13-14(11-7-3-1-4-8-11)18-24-15(13)17(21)19(16)25-26(22,23)12-9-5-2-6-10-12/h1-10,13,15H. The van der Waals surface area contributed by atoms with E-state index >= 15 is 0 Å². The molecule has 2 aliphatic rings. The molecule has 9 heteroatoms. The van der Waals surface area contributed by atoms with Crippen LogP contribution in [0.1, 0.15) is 5.56 Å². The first-order valence-corrected chi connectivity index (χ1v) is 9.06. The highest BCUT2D eigenvalue weighted by molar-refractivity contribution is 7.86. The third-order valence-electron chi connectivity index (χ3n) is 4.05. The van der Waals surface area contributed by atoms with Gasteiger partial charge in [-0.2, -0.15) is 8.42 Å². The summed E-state index contributed by atoms with van der Waals surface area (Å²) >= 11 is 0. The minimum atomic E-state index is -4.33. The highest BCUT2D eigenvalue weighted by atomic mass is 32.2. The van der Waals surface area contributed by atoms with Crippen LogP contribution in [0.4, 0.5) is 0 Å². The molecule has 0 saturated carbocycles. The lowest BCUT2D eigenvalue weighted by atomic mass is 9.94. The Kier molecular flexibility index (Phi) is 3.82. The summed E-state index contributed by atoms with van der Waals surface area (Å²) < 4.78 is 29.4. The zero-order valence-corrected chi connectivity index (χ0v) is 14.0. The number of hydrogen-bond donors (Lipinski definition) is 0. The third-order valence-corrected chi connectivity index (χ3v) is 5.24. The first-order chi connectivity index (χ1) is 12.5. The van der Waals surface area contributed by atoms with E-state index in [9.17, 15) is 18.0 Å². The zero-order valence-electron chi connectivity index (χ0n) is 13.2. The lowest BCUT2D eigenvalue weighted by Crippen LogP contribution is -2.35. The van der Waals surface area contributed by atoms with Gasteiger partial charge in [0.15, 0.2) is 0 Å². The monoisotopic (exact) mass is 372 g/mol. The second-order valence-corrected chi connectivity index (χ2v) is 7.19. The van der Waals surface area contributed by atoms with Gasteiger partial charge >= 0.3 is 10.1 Å². The molecule has 0 aliphatic carbocycles. The molecule has 1 fully saturated rings. The summed E-state index contributed by atoms with van der Waals surface area (Å²) in [6.07, 6.45) is -1.23. The van der Waals surface area contributed by atoms with Gasteiger partial charge in [-0.15, -0.1) is 9.35 Å². The maximum atomic E-state index is 12.6. The summed E-state index contributed by atoms with van der Waals surface area (Å²) in [5.41, 5.74) is 0.867. The molecule has 2 atom stereocenters. The molecule has 0 N–H and O–H groups in total. The van der Waals surface area contributed by atoms with E-state index in [0.717, 1.165) is 0 Å². The summed E-state index contributed by atoms with van der Waals surface area (Å²) in [4.78, 5) is 30.0. The van der Waals surface area contributed by atoms with Crippen molar-refractivity contribution in [3.8, 4) is 0 Å². The fourth-order valence-corrected chi connectivity index (χ4v) is 3.72. The Bertz CT molecular complexity index is 1000. The molecule has 26 heavy (non-hydrogen) atoms. The van der Waals surface area contributed by atoms with Gasteiger partial charge in [-0.3, -0.25) is 9.59 Å². The van der Waals surface area contributed by atoms with E-state index in [1.165, 1.54) is 24.3 Å². The number of hydrogen-bond acceptors (Lipinski definition) is 7. The number of carbonyl (C=O) groups is 2. The number of benzene rings is 2. The lowest BCUT2D eigenvalue weighted by molar-refractivity contribution is -0.167. The Morgan fingerprint density at radius 1 is 0.923 bits per heavy atom. The van der Waals surface area contributed by atoms with Gasteiger partial charge in [-0.25, -0.2) is 0 Å². The number of oxime groups is 1. The van der Waals surface area contributed by atoms with Crippen LogP contribution in [-0.4, -0.2) is 37.1 Å². The van der Waals surface area contributed by atoms with E-state index in [1.54, 1.807) is 36.4 Å². The quantitative estimate of drug-likeness (QED) is 0.745. The average molecular weight is 372 g/mol. The van der Waals surface area contributed by atoms with Gasteiger partial charge in [-0.05, 0) is 12.1 Å². The van der Waals surface area contributed by atoms with Crippen LogP contribution in [-0.2, 0) is 28.8 Å². The highest BCUT2D eigenvalue weighted by Gasteiger charge is 2.57. The van der Waals surface area contributed by atoms with Crippen molar-refractivity contribution in [3.63, 3.8) is 0 Å². The molecule has 0 aromatic heterocycles. The van der Waals surface area contributed by atoms with Crippen molar-refractivity contribution < 1.29 is 27.1 Å². The minimum absolute atomic E-state index is 0.171. The van der Waals surface area contributed by atoms with Gasteiger partial charge in [0.25, 0.3) is 11.8 Å². The van der Waals surface area contributed by atoms with E-state index in [1.807, 2.05) is 0 Å². The molecule has 0 bridgehead atoms. The molecule has 2 heterocycles. The van der Waals surface area contributed by atoms with Crippen LogP contribution in [0.5, 0.6) is 0 Å². The molecule has 8 nitrogen and oxygen atoms in total. The van der Waals surface area contributed by atoms with Gasteiger partial charge in [0.05, 0.1) is 4.90 Å². The largest absolute Gasteiger partial charge is 0.381 e. The number of hydroxylamine groups is 2. The summed E-state index contributed by atoms with van der Waals surface area (Å²) in [5, 5.41) is 4.07. The van der Waals surface area contributed by atoms with Crippen LogP contribution in [0.2, 0.25) is 0 Å². The fraction of sp³-hybridized carbons (Fsp3) is 0.118. The third kappa shape index (κ3) is 2.57. The van der Waals surface area contributed by atoms with Gasteiger partial charge in [-0.1, -0.05) is 53.7 Å². The number of fused-ring (bicyclic) bond motifs is 1. The normalized spacial score (nSPS) is 22.2. The predicted molar refractivity (Wildman–Crippen MR) is 87.9 cm³/mol. The van der Waals surface area contributed by atoms with Crippen LogP contribution in [0.3, 0.4) is 0 Å². The Hall–Kier alpha value is -3.04. The van der Waals surface area contributed by atoms with Crippen LogP contribution >= 0.6 is 0 Å². The maximum absolute atomic E-state index is 12.6. The molecule has 2 unspecified atom stereocenters. The minimum Gasteiger partial charge on any atom is -0.381 e. The van der Waals surface area contributed by atoms with Crippen molar-refractivity contribution in [2.24, 2.45) is 11.1 Å². The summed E-state index contributed by atoms with van der Waals surface area (Å²) in [6, 6.07) is 16.0. The average Bonchev–Trinajstić information content (AvgIpc) is 3.19. The van der Waals surface area contributed by atoms with E-state index in [4.69, 9.17) is 9.12 Å². The zero-order chi connectivity index (χ0) is 18.3. The van der Waals surface area contributed by atoms with E-state index in [0.29, 0.717) is 5.56 Å². The van der Waals surface area contributed by atoms with Gasteiger partial charge in [0, 0.05) is 5.56 Å². The summed E-state index contributed by atoms with van der Waals surface area (Å²) in [6.45, 7) is 0. The van der Waals surface area contributed by atoms with E-state index in [-0.39, 0.29) is 15.7 Å². The number of carbonyl (C=O) groups excluding carboxylic acids is 2. The molecule has 132 valence electrons. The summed E-state index contributed by atoms with van der Waals surface area (Å²) in [7, 11) is -4.33. The van der Waals surface area contributed by atoms with Gasteiger partial charge in [0.2, 0.25) is 6.10 Å². The smallest absolute Gasteiger partial charge is 0.318 e. The van der Waals surface area contributed by atoms with Crippen molar-refractivity contribution in [1.82, 2.24) is 5.06 Å². The Morgan fingerprint density at radius 3 is 2.19 bits per heavy atom. The molecule has 1 saturated heterocycles. The van der Waals surface area contributed by atoms with Crippen LogP contribution in [0.25, 0.3) is 0 Å². The van der Waals surface area contributed by atoms with Crippen LogP contribution in [0.15, 0.2) is 70.7 Å². The first-order valence-electron chi connectivity index (χ1n) is 7.65. The van der Waals surface area contributed by atoms with E-state index in [2.05, 4.69) is 5.16 Å².